The van der Waals surface area contributed by atoms with E-state index in [2.05, 4.69) is 32.6 Å². The highest BCUT2D eigenvalue weighted by Crippen LogP contribution is 2.34. The first-order valence-corrected chi connectivity index (χ1v) is 7.98. The maximum Gasteiger partial charge on any atom is 0.0272 e. The van der Waals surface area contributed by atoms with Crippen LogP contribution in [0.1, 0.15) is 53.4 Å². The van der Waals surface area contributed by atoms with Crippen LogP contribution in [0.25, 0.3) is 0 Å². The summed E-state index contributed by atoms with van der Waals surface area (Å²) in [5.74, 6) is 3.39. The van der Waals surface area contributed by atoms with Crippen LogP contribution in [0.4, 0.5) is 0 Å². The zero-order valence-corrected chi connectivity index (χ0v) is 12.7. The van der Waals surface area contributed by atoms with Crippen molar-refractivity contribution in [2.24, 2.45) is 29.4 Å². The molecule has 0 amide bonds. The van der Waals surface area contributed by atoms with Crippen LogP contribution >= 0.6 is 0 Å². The standard InChI is InChI=1S/C16H32N2/c1-11(2)14-5-7-18(8-6-14)16-13(4)9-12(3)10-15(16)17/h11-16H,5-10,17H2,1-4H3. The number of nitrogens with two attached hydrogens (primary N) is 1. The molecule has 0 radical (unpaired) electrons. The van der Waals surface area contributed by atoms with Crippen LogP contribution in [-0.4, -0.2) is 30.1 Å². The van der Waals surface area contributed by atoms with Gasteiger partial charge in [-0.1, -0.05) is 27.7 Å². The molecule has 1 heterocycles. The van der Waals surface area contributed by atoms with Gasteiger partial charge in [0.25, 0.3) is 0 Å². The summed E-state index contributed by atoms with van der Waals surface area (Å²) in [5, 5.41) is 0. The Hall–Kier alpha value is -0.0800. The van der Waals surface area contributed by atoms with Crippen molar-refractivity contribution in [1.82, 2.24) is 4.90 Å². The minimum Gasteiger partial charge on any atom is -0.326 e. The second-order valence-corrected chi connectivity index (χ2v) is 7.33. The first-order valence-electron chi connectivity index (χ1n) is 7.98. The minimum absolute atomic E-state index is 0.402. The van der Waals surface area contributed by atoms with Gasteiger partial charge in [0.1, 0.15) is 0 Å². The third-order valence-electron chi connectivity index (χ3n) is 5.41. The van der Waals surface area contributed by atoms with E-state index in [1.165, 1.54) is 38.8 Å². The molecule has 1 saturated carbocycles. The van der Waals surface area contributed by atoms with Gasteiger partial charge in [-0.3, -0.25) is 4.90 Å². The van der Waals surface area contributed by atoms with Gasteiger partial charge >= 0.3 is 0 Å². The molecule has 0 spiro atoms. The normalized spacial score (nSPS) is 40.3. The lowest BCUT2D eigenvalue weighted by Crippen LogP contribution is -2.56. The summed E-state index contributed by atoms with van der Waals surface area (Å²) in [6.07, 6.45) is 5.34. The minimum atomic E-state index is 0.402. The molecule has 1 aliphatic heterocycles. The first kappa shape index (κ1) is 14.3. The molecule has 2 heteroatoms. The Bertz CT molecular complexity index is 244. The highest BCUT2D eigenvalue weighted by Gasteiger charge is 2.37. The second-order valence-electron chi connectivity index (χ2n) is 7.33. The molecule has 4 atom stereocenters. The topological polar surface area (TPSA) is 29.3 Å². The Kier molecular flexibility index (Phi) is 4.71. The number of nitrogens with zero attached hydrogens (tertiary/aromatic N) is 1. The lowest BCUT2D eigenvalue weighted by atomic mass is 9.75. The van der Waals surface area contributed by atoms with Crippen LogP contribution in [0.2, 0.25) is 0 Å². The van der Waals surface area contributed by atoms with E-state index in [1.807, 2.05) is 0 Å². The molecule has 0 aromatic heterocycles. The largest absolute Gasteiger partial charge is 0.326 e. The summed E-state index contributed by atoms with van der Waals surface area (Å²) in [6.45, 7) is 12.1. The predicted octanol–water partition coefficient (Wildman–Crippen LogP) is 3.12. The van der Waals surface area contributed by atoms with Gasteiger partial charge in [-0.15, -0.1) is 0 Å². The Labute approximate surface area is 113 Å². The zero-order valence-electron chi connectivity index (χ0n) is 12.7. The number of rotatable bonds is 2. The average molecular weight is 252 g/mol. The van der Waals surface area contributed by atoms with Crippen molar-refractivity contribution in [3.8, 4) is 0 Å². The molecule has 0 bridgehead atoms. The number of likely N-dealkylation sites (tertiary alicyclic amines) is 1. The Morgan fingerprint density at radius 1 is 1.06 bits per heavy atom. The van der Waals surface area contributed by atoms with E-state index in [0.717, 1.165) is 23.7 Å². The van der Waals surface area contributed by atoms with Crippen molar-refractivity contribution >= 4 is 0 Å². The van der Waals surface area contributed by atoms with E-state index in [4.69, 9.17) is 5.73 Å². The van der Waals surface area contributed by atoms with Gasteiger partial charge in [-0.2, -0.15) is 0 Å². The van der Waals surface area contributed by atoms with Gasteiger partial charge in [0.15, 0.2) is 0 Å². The molecular weight excluding hydrogens is 220 g/mol. The van der Waals surface area contributed by atoms with Crippen LogP contribution in [-0.2, 0) is 0 Å². The maximum absolute atomic E-state index is 6.44. The maximum atomic E-state index is 6.44. The van der Waals surface area contributed by atoms with E-state index < -0.39 is 0 Å². The average Bonchev–Trinajstić information content (AvgIpc) is 2.28. The van der Waals surface area contributed by atoms with Crippen molar-refractivity contribution in [3.63, 3.8) is 0 Å². The fraction of sp³-hybridized carbons (Fsp3) is 1.00. The van der Waals surface area contributed by atoms with E-state index in [-0.39, 0.29) is 0 Å². The van der Waals surface area contributed by atoms with Gasteiger partial charge in [-0.05, 0) is 62.4 Å². The lowest BCUT2D eigenvalue weighted by molar-refractivity contribution is 0.0407. The molecular formula is C16H32N2. The van der Waals surface area contributed by atoms with Crippen molar-refractivity contribution in [2.45, 2.75) is 65.5 Å². The van der Waals surface area contributed by atoms with E-state index in [9.17, 15) is 0 Å². The van der Waals surface area contributed by atoms with Crippen molar-refractivity contribution in [3.05, 3.63) is 0 Å². The Morgan fingerprint density at radius 3 is 2.17 bits per heavy atom. The number of hydrogen-bond donors (Lipinski definition) is 1. The molecule has 2 fully saturated rings. The summed E-state index contributed by atoms with van der Waals surface area (Å²) < 4.78 is 0. The molecule has 2 N–H and O–H groups in total. The van der Waals surface area contributed by atoms with Crippen molar-refractivity contribution < 1.29 is 0 Å². The quantitative estimate of drug-likeness (QED) is 0.818. The number of piperidine rings is 1. The summed E-state index contributed by atoms with van der Waals surface area (Å²) in [6, 6.07) is 1.05. The fourth-order valence-corrected chi connectivity index (χ4v) is 4.41. The molecule has 2 rings (SSSR count). The lowest BCUT2D eigenvalue weighted by Gasteiger charge is -2.47. The third kappa shape index (κ3) is 3.08. The Morgan fingerprint density at radius 2 is 1.67 bits per heavy atom. The molecule has 106 valence electrons. The molecule has 2 nitrogen and oxygen atoms in total. The summed E-state index contributed by atoms with van der Waals surface area (Å²) in [5.41, 5.74) is 6.44. The van der Waals surface area contributed by atoms with E-state index in [0.29, 0.717) is 12.1 Å². The summed E-state index contributed by atoms with van der Waals surface area (Å²) in [7, 11) is 0. The predicted molar refractivity (Wildman–Crippen MR) is 78.5 cm³/mol. The summed E-state index contributed by atoms with van der Waals surface area (Å²) in [4.78, 5) is 2.71. The van der Waals surface area contributed by atoms with E-state index in [1.54, 1.807) is 0 Å². The molecule has 1 saturated heterocycles. The monoisotopic (exact) mass is 252 g/mol. The zero-order chi connectivity index (χ0) is 13.3. The van der Waals surface area contributed by atoms with Gasteiger partial charge in [0, 0.05) is 12.1 Å². The molecule has 2 aliphatic rings. The molecule has 4 unspecified atom stereocenters. The van der Waals surface area contributed by atoms with Gasteiger partial charge in [0.2, 0.25) is 0 Å². The SMILES string of the molecule is CC1CC(C)C(N2CCC(C(C)C)CC2)C(N)C1. The van der Waals surface area contributed by atoms with Crippen LogP contribution in [0.5, 0.6) is 0 Å². The van der Waals surface area contributed by atoms with Crippen LogP contribution in [0, 0.1) is 23.7 Å². The molecule has 1 aliphatic carbocycles. The van der Waals surface area contributed by atoms with Crippen LogP contribution in [0.15, 0.2) is 0 Å². The number of hydrogen-bond acceptors (Lipinski definition) is 2. The van der Waals surface area contributed by atoms with E-state index >= 15 is 0 Å². The van der Waals surface area contributed by atoms with Crippen LogP contribution < -0.4 is 5.73 Å². The van der Waals surface area contributed by atoms with Crippen molar-refractivity contribution in [1.29, 1.82) is 0 Å². The molecule has 0 aromatic rings. The smallest absolute Gasteiger partial charge is 0.0272 e. The third-order valence-corrected chi connectivity index (χ3v) is 5.41. The Balaban J connectivity index is 1.92. The first-order chi connectivity index (χ1) is 8.49. The van der Waals surface area contributed by atoms with Gasteiger partial charge in [0.05, 0.1) is 0 Å². The van der Waals surface area contributed by atoms with Gasteiger partial charge in [-0.25, -0.2) is 0 Å². The summed E-state index contributed by atoms with van der Waals surface area (Å²) >= 11 is 0. The van der Waals surface area contributed by atoms with Gasteiger partial charge < -0.3 is 5.73 Å². The fourth-order valence-electron chi connectivity index (χ4n) is 4.41. The molecule has 0 aromatic carbocycles. The highest BCUT2D eigenvalue weighted by molar-refractivity contribution is 4.93. The second kappa shape index (κ2) is 5.92. The van der Waals surface area contributed by atoms with Crippen LogP contribution in [0.3, 0.4) is 0 Å². The molecule has 18 heavy (non-hydrogen) atoms. The van der Waals surface area contributed by atoms with Crippen molar-refractivity contribution in [2.75, 3.05) is 13.1 Å². The highest BCUT2D eigenvalue weighted by atomic mass is 15.2.